The van der Waals surface area contributed by atoms with Crippen molar-refractivity contribution in [3.63, 3.8) is 0 Å². The molecule has 0 aromatic heterocycles. The summed E-state index contributed by atoms with van der Waals surface area (Å²) in [5.74, 6) is -5.42. The van der Waals surface area contributed by atoms with Crippen molar-refractivity contribution < 1.29 is 49.5 Å². The van der Waals surface area contributed by atoms with Gasteiger partial charge >= 0.3 is 0 Å². The molecule has 0 unspecified atom stereocenters. The molecule has 10 nitrogen and oxygen atoms in total. The lowest BCUT2D eigenvalue weighted by Gasteiger charge is -1.77. The molecule has 0 bridgehead atoms. The Hall–Kier alpha value is -3.17. The Morgan fingerprint density at radius 2 is 0.417 bits per heavy atom. The fraction of sp³-hybridized carbons (Fsp3) is 0.357. The molecule has 0 saturated heterocycles. The molecule has 0 N–H and O–H groups in total. The van der Waals surface area contributed by atoms with Crippen molar-refractivity contribution in [2.75, 3.05) is 0 Å². The first kappa shape index (κ1) is 42.8. The molecule has 0 rings (SSSR count). The van der Waals surface area contributed by atoms with Crippen LogP contribution in [0.4, 0.5) is 0 Å². The third-order valence-electron chi connectivity index (χ3n) is 0. The SMILES string of the molecule is C=C.C=C.CC(=O)[O-].CC(=O)[O-].CC(=O)[O-].CC(=O)[O-].CC(=O)[O-]. The Balaban J connectivity index is -0.0000000286. The smallest absolute Gasteiger partial charge is 0.0383 e. The Bertz CT molecular complexity index is 232. The number of carboxylic acid groups (broad SMARTS) is 5. The second-order valence-corrected chi connectivity index (χ2v) is 2.46. The van der Waals surface area contributed by atoms with Crippen LogP contribution in [0.3, 0.4) is 0 Å². The quantitative estimate of drug-likeness (QED) is 0.382. The maximum absolute atomic E-state index is 8.89. The first-order valence-electron chi connectivity index (χ1n) is 5.54. The number of aliphatic carboxylic acids is 5. The van der Waals surface area contributed by atoms with E-state index in [1.807, 2.05) is 0 Å². The van der Waals surface area contributed by atoms with Crippen LogP contribution >= 0.6 is 0 Å². The molecule has 0 amide bonds. The average molecular weight is 351 g/mol. The van der Waals surface area contributed by atoms with Gasteiger partial charge in [-0.3, -0.25) is 0 Å². The summed E-state index contributed by atoms with van der Waals surface area (Å²) in [7, 11) is 0. The first-order chi connectivity index (χ1) is 10.7. The van der Waals surface area contributed by atoms with Crippen LogP contribution in [0.15, 0.2) is 26.3 Å². The molecule has 24 heavy (non-hydrogen) atoms. The highest BCUT2D eigenvalue weighted by molar-refractivity contribution is 5.61. The summed E-state index contributed by atoms with van der Waals surface area (Å²) in [6.07, 6.45) is 0. The van der Waals surface area contributed by atoms with Crippen molar-refractivity contribution in [1.29, 1.82) is 0 Å². The van der Waals surface area contributed by atoms with Crippen LogP contribution in [-0.2, 0) is 24.0 Å². The summed E-state index contributed by atoms with van der Waals surface area (Å²) in [5, 5.41) is 44.4. The molecule has 0 saturated carbocycles. The zero-order valence-corrected chi connectivity index (χ0v) is 14.4. The molecule has 0 heterocycles. The van der Waals surface area contributed by atoms with Gasteiger partial charge in [-0.1, -0.05) is 0 Å². The lowest BCUT2D eigenvalue weighted by Crippen LogP contribution is -2.16. The van der Waals surface area contributed by atoms with Gasteiger partial charge < -0.3 is 49.5 Å². The van der Waals surface area contributed by atoms with Gasteiger partial charge in [0.1, 0.15) is 0 Å². The fourth-order valence-electron chi connectivity index (χ4n) is 0. The van der Waals surface area contributed by atoms with Crippen LogP contribution in [0.1, 0.15) is 34.6 Å². The topological polar surface area (TPSA) is 201 Å². The van der Waals surface area contributed by atoms with E-state index in [0.717, 1.165) is 34.6 Å². The number of rotatable bonds is 0. The molecule has 0 aliphatic heterocycles. The molecule has 0 spiro atoms. The van der Waals surface area contributed by atoms with E-state index in [1.54, 1.807) is 0 Å². The van der Waals surface area contributed by atoms with E-state index in [2.05, 4.69) is 26.3 Å². The summed E-state index contributed by atoms with van der Waals surface area (Å²) < 4.78 is 0. The molecule has 0 radical (unpaired) electrons. The van der Waals surface area contributed by atoms with Gasteiger partial charge in [-0.25, -0.2) is 0 Å². The van der Waals surface area contributed by atoms with E-state index in [-0.39, 0.29) is 0 Å². The third-order valence-corrected chi connectivity index (χ3v) is 0. The number of carboxylic acids is 5. The van der Waals surface area contributed by atoms with E-state index in [9.17, 15) is 0 Å². The second kappa shape index (κ2) is 50.2. The fourth-order valence-corrected chi connectivity index (χ4v) is 0. The van der Waals surface area contributed by atoms with E-state index < -0.39 is 29.8 Å². The molecule has 144 valence electrons. The lowest BCUT2D eigenvalue weighted by atomic mass is 10.9. The highest BCUT2D eigenvalue weighted by Crippen LogP contribution is 1.32. The molecule has 0 atom stereocenters. The monoisotopic (exact) mass is 351 g/mol. The summed E-state index contributed by atoms with van der Waals surface area (Å²) in [6.45, 7) is 16.9. The van der Waals surface area contributed by atoms with Crippen molar-refractivity contribution in [2.45, 2.75) is 34.6 Å². The molecule has 0 aromatic carbocycles. The molecule has 0 aromatic rings. The second-order valence-electron chi connectivity index (χ2n) is 2.46. The van der Waals surface area contributed by atoms with E-state index >= 15 is 0 Å². The van der Waals surface area contributed by atoms with Crippen molar-refractivity contribution in [3.05, 3.63) is 26.3 Å². The van der Waals surface area contributed by atoms with Gasteiger partial charge in [0.15, 0.2) is 0 Å². The van der Waals surface area contributed by atoms with Gasteiger partial charge in [0.25, 0.3) is 0 Å². The van der Waals surface area contributed by atoms with E-state index in [1.165, 1.54) is 0 Å². The highest BCUT2D eigenvalue weighted by Gasteiger charge is 1.47. The van der Waals surface area contributed by atoms with Crippen molar-refractivity contribution in [2.24, 2.45) is 0 Å². The van der Waals surface area contributed by atoms with Crippen LogP contribution in [0.25, 0.3) is 0 Å². The van der Waals surface area contributed by atoms with Crippen LogP contribution < -0.4 is 25.5 Å². The average Bonchev–Trinajstić information content (AvgIpc) is 2.29. The van der Waals surface area contributed by atoms with Gasteiger partial charge in [0.2, 0.25) is 0 Å². The predicted molar refractivity (Wildman–Crippen MR) is 75.9 cm³/mol. The maximum Gasteiger partial charge on any atom is 0.0383 e. The predicted octanol–water partition coefficient (Wildman–Crippen LogP) is -4.61. The summed E-state index contributed by atoms with van der Waals surface area (Å²) in [4.78, 5) is 44.4. The summed E-state index contributed by atoms with van der Waals surface area (Å²) in [5.41, 5.74) is 0. The molecular weight excluding hydrogens is 328 g/mol. The normalized spacial score (nSPS) is 5.54. The van der Waals surface area contributed by atoms with E-state index in [0.29, 0.717) is 0 Å². The number of carbonyl (C=O) groups is 5. The van der Waals surface area contributed by atoms with E-state index in [4.69, 9.17) is 49.5 Å². The zero-order chi connectivity index (χ0) is 21.9. The molecule has 0 fully saturated rings. The highest BCUT2D eigenvalue weighted by atomic mass is 16.4. The summed E-state index contributed by atoms with van der Waals surface area (Å²) >= 11 is 0. The van der Waals surface area contributed by atoms with Crippen molar-refractivity contribution in [1.82, 2.24) is 0 Å². The maximum atomic E-state index is 8.89. The molecule has 0 aliphatic rings. The van der Waals surface area contributed by atoms with Crippen LogP contribution in [0.5, 0.6) is 0 Å². The Morgan fingerprint density at radius 3 is 0.417 bits per heavy atom. The summed E-state index contributed by atoms with van der Waals surface area (Å²) in [6, 6.07) is 0. The van der Waals surface area contributed by atoms with Crippen molar-refractivity contribution in [3.8, 4) is 0 Å². The minimum absolute atomic E-state index is 0.972. The largest absolute Gasteiger partial charge is 0.550 e. The van der Waals surface area contributed by atoms with Crippen LogP contribution in [0.2, 0.25) is 0 Å². The lowest BCUT2D eigenvalue weighted by molar-refractivity contribution is -0.303. The van der Waals surface area contributed by atoms with Gasteiger partial charge in [-0.2, -0.15) is 0 Å². The number of carbonyl (C=O) groups excluding carboxylic acids is 5. The van der Waals surface area contributed by atoms with Crippen LogP contribution in [-0.4, -0.2) is 29.8 Å². The first-order valence-corrected chi connectivity index (χ1v) is 5.54. The number of hydrogen-bond donors (Lipinski definition) is 0. The zero-order valence-electron chi connectivity index (χ0n) is 14.4. The van der Waals surface area contributed by atoms with Crippen molar-refractivity contribution >= 4 is 29.8 Å². The van der Waals surface area contributed by atoms with Gasteiger partial charge in [-0.05, 0) is 34.6 Å². The van der Waals surface area contributed by atoms with Gasteiger partial charge in [-0.15, -0.1) is 26.3 Å². The molecule has 0 aliphatic carbocycles. The minimum atomic E-state index is -1.08. The minimum Gasteiger partial charge on any atom is -0.550 e. The van der Waals surface area contributed by atoms with Gasteiger partial charge in [0, 0.05) is 29.8 Å². The third kappa shape index (κ3) is 596. The number of hydrogen-bond acceptors (Lipinski definition) is 10. The Kier molecular flexibility index (Phi) is 89.6. The van der Waals surface area contributed by atoms with Gasteiger partial charge in [0.05, 0.1) is 0 Å². The van der Waals surface area contributed by atoms with Crippen LogP contribution in [0, 0.1) is 0 Å². The molecule has 10 heteroatoms. The molecular formula is C14H23O10-5. The Morgan fingerprint density at radius 1 is 0.417 bits per heavy atom. The standard InChI is InChI=1S/5C2H4O2.2C2H4/c5*1-2(3)4;2*1-2/h5*1H3,(H,3,4);2*1-2H2/p-5. The Labute approximate surface area is 141 Å².